The molecule has 0 unspecified atom stereocenters. The molecule has 1 rings (SSSR count). The number of hydrogen-bond donors (Lipinski definition) is 2. The highest BCUT2D eigenvalue weighted by molar-refractivity contribution is 8.03. The van der Waals surface area contributed by atoms with Crippen LogP contribution in [-0.4, -0.2) is 34.5 Å². The second kappa shape index (κ2) is 9.68. The molecule has 0 aliphatic rings. The number of benzene rings is 1. The number of carboxylic acid groups (broad SMARTS) is 1. The Labute approximate surface area is 133 Å². The van der Waals surface area contributed by atoms with Crippen molar-refractivity contribution in [3.63, 3.8) is 0 Å². The minimum absolute atomic E-state index is 0.226. The molecule has 0 aliphatic heterocycles. The number of ether oxygens (including phenoxy) is 1. The van der Waals surface area contributed by atoms with Crippen LogP contribution in [0.2, 0.25) is 0 Å². The molecular formula is C16H18O5S. The van der Waals surface area contributed by atoms with E-state index in [1.165, 1.54) is 17.8 Å². The van der Waals surface area contributed by atoms with Crippen molar-refractivity contribution in [2.75, 3.05) is 12.4 Å². The summed E-state index contributed by atoms with van der Waals surface area (Å²) in [5, 5.41) is 17.7. The van der Waals surface area contributed by atoms with Gasteiger partial charge in [-0.15, -0.1) is 11.8 Å². The van der Waals surface area contributed by atoms with Gasteiger partial charge in [-0.3, -0.25) is 0 Å². The Bertz CT molecular complexity index is 563. The van der Waals surface area contributed by atoms with E-state index < -0.39 is 17.7 Å². The average molecular weight is 322 g/mol. The van der Waals surface area contributed by atoms with E-state index in [0.717, 1.165) is 18.1 Å². The number of hydrogen-bond acceptors (Lipinski definition) is 5. The molecule has 2 N–H and O–H groups in total. The van der Waals surface area contributed by atoms with E-state index >= 15 is 0 Å². The van der Waals surface area contributed by atoms with Gasteiger partial charge in [0.1, 0.15) is 0 Å². The number of aliphatic hydroxyl groups is 1. The van der Waals surface area contributed by atoms with Gasteiger partial charge in [0.2, 0.25) is 5.76 Å². The van der Waals surface area contributed by atoms with Crippen molar-refractivity contribution < 1.29 is 24.5 Å². The molecule has 22 heavy (non-hydrogen) atoms. The van der Waals surface area contributed by atoms with E-state index in [1.54, 1.807) is 6.92 Å². The maximum atomic E-state index is 11.8. The number of carbonyl (C=O) groups is 2. The van der Waals surface area contributed by atoms with Crippen molar-refractivity contribution in [2.45, 2.75) is 13.3 Å². The molecule has 6 heteroatoms. The van der Waals surface area contributed by atoms with Crippen molar-refractivity contribution in [1.82, 2.24) is 0 Å². The number of aliphatic hydroxyl groups excluding tert-OH is 1. The van der Waals surface area contributed by atoms with Crippen molar-refractivity contribution in [1.29, 1.82) is 0 Å². The molecule has 0 radical (unpaired) electrons. The zero-order chi connectivity index (χ0) is 16.4. The highest BCUT2D eigenvalue weighted by Crippen LogP contribution is 2.19. The molecule has 0 spiro atoms. The summed E-state index contributed by atoms with van der Waals surface area (Å²) in [4.78, 5) is 22.6. The zero-order valence-corrected chi connectivity index (χ0v) is 13.0. The van der Waals surface area contributed by atoms with Gasteiger partial charge in [-0.05, 0) is 31.1 Å². The minimum atomic E-state index is -1.45. The van der Waals surface area contributed by atoms with Gasteiger partial charge in [-0.2, -0.15) is 0 Å². The lowest BCUT2D eigenvalue weighted by atomic mass is 10.2. The summed E-state index contributed by atoms with van der Waals surface area (Å²) in [6.07, 6.45) is 3.00. The SMILES string of the molecule is CCOC(=O)/C(=C/C=C(\O)C(=O)O)SCCc1ccccc1. The van der Waals surface area contributed by atoms with E-state index in [9.17, 15) is 9.59 Å². The fourth-order valence-corrected chi connectivity index (χ4v) is 2.43. The van der Waals surface area contributed by atoms with E-state index in [2.05, 4.69) is 0 Å². The molecule has 0 saturated heterocycles. The van der Waals surface area contributed by atoms with Gasteiger partial charge < -0.3 is 14.9 Å². The monoisotopic (exact) mass is 322 g/mol. The van der Waals surface area contributed by atoms with Crippen LogP contribution in [0.1, 0.15) is 12.5 Å². The molecule has 5 nitrogen and oxygen atoms in total. The topological polar surface area (TPSA) is 83.8 Å². The van der Waals surface area contributed by atoms with E-state index in [4.69, 9.17) is 14.9 Å². The third-order valence-corrected chi connectivity index (χ3v) is 3.60. The van der Waals surface area contributed by atoms with E-state index in [-0.39, 0.29) is 11.5 Å². The lowest BCUT2D eigenvalue weighted by Gasteiger charge is -2.06. The number of esters is 1. The summed E-state index contributed by atoms with van der Waals surface area (Å²) in [6.45, 7) is 1.92. The van der Waals surface area contributed by atoms with Crippen LogP contribution in [-0.2, 0) is 20.7 Å². The van der Waals surface area contributed by atoms with E-state index in [1.807, 2.05) is 30.3 Å². The Morgan fingerprint density at radius 1 is 1.18 bits per heavy atom. The summed E-state index contributed by atoms with van der Waals surface area (Å²) in [7, 11) is 0. The summed E-state index contributed by atoms with van der Waals surface area (Å²) in [5.41, 5.74) is 1.14. The Hall–Kier alpha value is -2.21. The van der Waals surface area contributed by atoms with Crippen molar-refractivity contribution >= 4 is 23.7 Å². The van der Waals surface area contributed by atoms with Crippen molar-refractivity contribution in [3.05, 3.63) is 58.7 Å². The lowest BCUT2D eigenvalue weighted by Crippen LogP contribution is -2.06. The molecule has 0 saturated carbocycles. The molecule has 118 valence electrons. The fourth-order valence-electron chi connectivity index (χ4n) is 1.53. The third-order valence-electron chi connectivity index (χ3n) is 2.58. The second-order valence-electron chi connectivity index (χ2n) is 4.19. The Morgan fingerprint density at radius 2 is 1.86 bits per heavy atom. The maximum Gasteiger partial charge on any atom is 0.370 e. The second-order valence-corrected chi connectivity index (χ2v) is 5.33. The molecule has 0 atom stereocenters. The van der Waals surface area contributed by atoms with E-state index in [0.29, 0.717) is 5.75 Å². The zero-order valence-electron chi connectivity index (χ0n) is 12.2. The van der Waals surface area contributed by atoms with Crippen LogP contribution in [0.15, 0.2) is 53.1 Å². The summed E-state index contributed by atoms with van der Waals surface area (Å²) in [6, 6.07) is 9.79. The van der Waals surface area contributed by atoms with Crippen LogP contribution in [0.25, 0.3) is 0 Å². The predicted octanol–water partition coefficient (Wildman–Crippen LogP) is 2.94. The number of aryl methyl sites for hydroxylation is 1. The number of carbonyl (C=O) groups excluding carboxylic acids is 1. The first-order valence-electron chi connectivity index (χ1n) is 6.72. The molecule has 0 heterocycles. The van der Waals surface area contributed by atoms with Crippen LogP contribution in [0, 0.1) is 0 Å². The molecule has 1 aromatic rings. The quantitative estimate of drug-likeness (QED) is 0.331. The first kappa shape index (κ1) is 17.8. The molecule has 0 amide bonds. The lowest BCUT2D eigenvalue weighted by molar-refractivity contribution is -0.138. The van der Waals surface area contributed by atoms with Gasteiger partial charge >= 0.3 is 11.9 Å². The standard InChI is InChI=1S/C16H18O5S/c1-2-21-16(20)14(9-8-13(17)15(18)19)22-11-10-12-6-4-3-5-7-12/h3-9,17H,2,10-11H2,1H3,(H,18,19)/b13-8-,14-9-. The molecule has 1 aromatic carbocycles. The van der Waals surface area contributed by atoms with Crippen LogP contribution in [0.5, 0.6) is 0 Å². The van der Waals surface area contributed by atoms with Crippen molar-refractivity contribution in [2.24, 2.45) is 0 Å². The van der Waals surface area contributed by atoms with Crippen LogP contribution >= 0.6 is 11.8 Å². The third kappa shape index (κ3) is 6.49. The number of thioether (sulfide) groups is 1. The maximum absolute atomic E-state index is 11.8. The Morgan fingerprint density at radius 3 is 2.45 bits per heavy atom. The molecule has 0 aliphatic carbocycles. The summed E-state index contributed by atoms with van der Waals surface area (Å²) >= 11 is 1.26. The van der Waals surface area contributed by atoms with Crippen molar-refractivity contribution in [3.8, 4) is 0 Å². The van der Waals surface area contributed by atoms with Crippen LogP contribution < -0.4 is 0 Å². The van der Waals surface area contributed by atoms with Gasteiger partial charge in [-0.1, -0.05) is 30.3 Å². The molecule has 0 fully saturated rings. The minimum Gasteiger partial charge on any atom is -0.502 e. The Kier molecular flexibility index (Phi) is 7.85. The van der Waals surface area contributed by atoms with Gasteiger partial charge in [0, 0.05) is 5.75 Å². The molecule has 0 bridgehead atoms. The fraction of sp³-hybridized carbons (Fsp3) is 0.250. The Balaban J connectivity index is 2.70. The first-order chi connectivity index (χ1) is 10.5. The number of allylic oxidation sites excluding steroid dienone is 2. The average Bonchev–Trinajstić information content (AvgIpc) is 2.51. The van der Waals surface area contributed by atoms with Gasteiger partial charge in [0.05, 0.1) is 11.5 Å². The summed E-state index contributed by atoms with van der Waals surface area (Å²) in [5.74, 6) is -2.18. The molecular weight excluding hydrogens is 304 g/mol. The normalized spacial score (nSPS) is 12.0. The van der Waals surface area contributed by atoms with Gasteiger partial charge in [-0.25, -0.2) is 9.59 Å². The van der Waals surface area contributed by atoms with Gasteiger partial charge in [0.25, 0.3) is 0 Å². The molecule has 0 aromatic heterocycles. The predicted molar refractivity (Wildman–Crippen MR) is 85.7 cm³/mol. The first-order valence-corrected chi connectivity index (χ1v) is 7.71. The highest BCUT2D eigenvalue weighted by atomic mass is 32.2. The smallest absolute Gasteiger partial charge is 0.370 e. The van der Waals surface area contributed by atoms with Crippen LogP contribution in [0.3, 0.4) is 0 Å². The number of rotatable bonds is 8. The summed E-state index contributed by atoms with van der Waals surface area (Å²) < 4.78 is 4.91. The van der Waals surface area contributed by atoms with Crippen LogP contribution in [0.4, 0.5) is 0 Å². The highest BCUT2D eigenvalue weighted by Gasteiger charge is 2.11. The number of aliphatic carboxylic acids is 1. The van der Waals surface area contributed by atoms with Gasteiger partial charge in [0.15, 0.2) is 0 Å². The largest absolute Gasteiger partial charge is 0.502 e. The number of carboxylic acids is 1.